The molecule has 114 valence electrons. The minimum atomic E-state index is -0.991. The van der Waals surface area contributed by atoms with Crippen LogP contribution in [0.3, 0.4) is 0 Å². The van der Waals surface area contributed by atoms with Crippen LogP contribution in [0.4, 0.5) is 0 Å². The molecule has 1 N–H and O–H groups in total. The molecular formula is C17H12ClN3O2. The van der Waals surface area contributed by atoms with Gasteiger partial charge >= 0.3 is 0 Å². The van der Waals surface area contributed by atoms with Crippen LogP contribution in [0, 0.1) is 11.3 Å². The fraction of sp³-hybridized carbons (Fsp3) is 0.118. The van der Waals surface area contributed by atoms with Gasteiger partial charge in [0.15, 0.2) is 11.7 Å². The molecule has 0 aliphatic rings. The highest BCUT2D eigenvalue weighted by atomic mass is 35.5. The number of H-pyrrole nitrogens is 1. The van der Waals surface area contributed by atoms with E-state index in [0.29, 0.717) is 22.1 Å². The van der Waals surface area contributed by atoms with Crippen molar-refractivity contribution in [2.75, 3.05) is 6.61 Å². The first-order valence-electron chi connectivity index (χ1n) is 6.93. The van der Waals surface area contributed by atoms with E-state index in [0.717, 1.165) is 5.52 Å². The van der Waals surface area contributed by atoms with Crippen molar-refractivity contribution in [2.45, 2.75) is 5.92 Å². The number of carbonyl (C=O) groups excluding carboxylic acids is 1. The summed E-state index contributed by atoms with van der Waals surface area (Å²) in [5.41, 5.74) is 1.50. The fourth-order valence-corrected chi connectivity index (χ4v) is 2.29. The van der Waals surface area contributed by atoms with Crippen LogP contribution >= 0.6 is 11.6 Å². The van der Waals surface area contributed by atoms with Crippen molar-refractivity contribution in [3.8, 4) is 11.8 Å². The minimum absolute atomic E-state index is 0.211. The molecule has 3 aromatic rings. The molecule has 23 heavy (non-hydrogen) atoms. The predicted molar refractivity (Wildman–Crippen MR) is 86.4 cm³/mol. The molecule has 0 bridgehead atoms. The second kappa shape index (κ2) is 6.51. The predicted octanol–water partition coefficient (Wildman–Crippen LogP) is 3.47. The average Bonchev–Trinajstić information content (AvgIpc) is 2.98. The Morgan fingerprint density at radius 3 is 2.70 bits per heavy atom. The van der Waals surface area contributed by atoms with Gasteiger partial charge in [0.25, 0.3) is 0 Å². The van der Waals surface area contributed by atoms with Crippen LogP contribution in [-0.2, 0) is 4.79 Å². The maximum Gasteiger partial charge on any atom is 0.194 e. The number of aromatic nitrogens is 2. The van der Waals surface area contributed by atoms with Crippen molar-refractivity contribution < 1.29 is 9.53 Å². The van der Waals surface area contributed by atoms with Gasteiger partial charge in [-0.2, -0.15) is 5.26 Å². The number of ketones is 1. The van der Waals surface area contributed by atoms with Gasteiger partial charge in [0.05, 0.1) is 17.1 Å². The second-order valence-electron chi connectivity index (χ2n) is 4.91. The van der Waals surface area contributed by atoms with Gasteiger partial charge in [0.2, 0.25) is 0 Å². The van der Waals surface area contributed by atoms with Crippen molar-refractivity contribution in [3.63, 3.8) is 0 Å². The van der Waals surface area contributed by atoms with Gasteiger partial charge in [-0.3, -0.25) is 4.79 Å². The second-order valence-corrected chi connectivity index (χ2v) is 5.35. The Hall–Kier alpha value is -2.84. The van der Waals surface area contributed by atoms with Crippen LogP contribution in [-0.4, -0.2) is 22.4 Å². The summed E-state index contributed by atoms with van der Waals surface area (Å²) in [5, 5.41) is 9.89. The number of hydrogen-bond acceptors (Lipinski definition) is 4. The van der Waals surface area contributed by atoms with Gasteiger partial charge in [-0.1, -0.05) is 23.7 Å². The van der Waals surface area contributed by atoms with E-state index in [1.54, 1.807) is 24.3 Å². The number of benzene rings is 2. The number of imidazole rings is 1. The number of ether oxygens (including phenoxy) is 1. The van der Waals surface area contributed by atoms with Crippen LogP contribution < -0.4 is 4.74 Å². The normalized spacial score (nSPS) is 11.8. The number of nitriles is 1. The molecule has 0 radical (unpaired) electrons. The highest BCUT2D eigenvalue weighted by molar-refractivity contribution is 6.30. The highest BCUT2D eigenvalue weighted by Crippen LogP contribution is 2.19. The van der Waals surface area contributed by atoms with E-state index < -0.39 is 5.92 Å². The summed E-state index contributed by atoms with van der Waals surface area (Å²) >= 11 is 5.79. The molecule has 0 unspecified atom stereocenters. The summed E-state index contributed by atoms with van der Waals surface area (Å²) in [6.07, 6.45) is 0. The Morgan fingerprint density at radius 1 is 1.26 bits per heavy atom. The van der Waals surface area contributed by atoms with Crippen molar-refractivity contribution in [2.24, 2.45) is 0 Å². The zero-order valence-electron chi connectivity index (χ0n) is 12.0. The average molecular weight is 326 g/mol. The smallest absolute Gasteiger partial charge is 0.194 e. The van der Waals surface area contributed by atoms with Crippen molar-refractivity contribution in [1.29, 1.82) is 5.26 Å². The molecule has 1 heterocycles. The number of nitrogens with zero attached hydrogens (tertiary/aromatic N) is 2. The third-order valence-electron chi connectivity index (χ3n) is 3.33. The molecule has 1 aromatic heterocycles. The lowest BCUT2D eigenvalue weighted by Gasteiger charge is -2.08. The van der Waals surface area contributed by atoms with Gasteiger partial charge in [-0.05, 0) is 36.4 Å². The number of aromatic amines is 1. The monoisotopic (exact) mass is 325 g/mol. The van der Waals surface area contributed by atoms with Crippen LogP contribution in [0.5, 0.6) is 5.75 Å². The number of hydrogen-bond donors (Lipinski definition) is 1. The molecule has 0 aliphatic heterocycles. The topological polar surface area (TPSA) is 78.8 Å². The lowest BCUT2D eigenvalue weighted by molar-refractivity contribution is -0.121. The molecule has 2 aromatic carbocycles. The Balaban J connectivity index is 1.73. The van der Waals surface area contributed by atoms with Crippen LogP contribution in [0.15, 0.2) is 48.5 Å². The van der Waals surface area contributed by atoms with E-state index >= 15 is 0 Å². The van der Waals surface area contributed by atoms with E-state index in [9.17, 15) is 10.1 Å². The summed E-state index contributed by atoms with van der Waals surface area (Å²) < 4.78 is 5.40. The lowest BCUT2D eigenvalue weighted by atomic mass is 10.1. The van der Waals surface area contributed by atoms with Gasteiger partial charge < -0.3 is 9.72 Å². The number of nitrogens with one attached hydrogen (secondary N) is 1. The van der Waals surface area contributed by atoms with Gasteiger partial charge in [0.1, 0.15) is 18.2 Å². The molecule has 6 heteroatoms. The number of para-hydroxylation sites is 2. The summed E-state index contributed by atoms with van der Waals surface area (Å²) in [6, 6.07) is 16.0. The maximum absolute atomic E-state index is 12.3. The molecule has 3 rings (SSSR count). The minimum Gasteiger partial charge on any atom is -0.486 e. The Kier molecular flexibility index (Phi) is 4.26. The van der Waals surface area contributed by atoms with Crippen LogP contribution in [0.2, 0.25) is 5.02 Å². The third kappa shape index (κ3) is 3.33. The Bertz CT molecular complexity index is 848. The molecule has 0 fully saturated rings. The summed E-state index contributed by atoms with van der Waals surface area (Å²) in [7, 11) is 0. The molecule has 0 amide bonds. The van der Waals surface area contributed by atoms with Gasteiger partial charge in [0, 0.05) is 5.02 Å². The number of rotatable bonds is 5. The van der Waals surface area contributed by atoms with Crippen molar-refractivity contribution in [1.82, 2.24) is 9.97 Å². The van der Waals surface area contributed by atoms with Crippen molar-refractivity contribution in [3.05, 3.63) is 59.4 Å². The van der Waals surface area contributed by atoms with E-state index in [4.69, 9.17) is 16.3 Å². The van der Waals surface area contributed by atoms with E-state index in [2.05, 4.69) is 9.97 Å². The molecule has 0 spiro atoms. The zero-order chi connectivity index (χ0) is 16.2. The SMILES string of the molecule is N#C[C@@H](C(=O)COc1ccc(Cl)cc1)c1nc2ccccc2[nH]1. The maximum atomic E-state index is 12.3. The van der Waals surface area contributed by atoms with E-state index in [1.165, 1.54) is 0 Å². The highest BCUT2D eigenvalue weighted by Gasteiger charge is 2.24. The standard InChI is InChI=1S/C17H12ClN3O2/c18-11-5-7-12(8-6-11)23-10-16(22)13(9-19)17-20-14-3-1-2-4-15(14)21-17/h1-8,13H,10H2,(H,20,21)/t13-/m0/s1. The lowest BCUT2D eigenvalue weighted by Crippen LogP contribution is -2.20. The number of carbonyl (C=O) groups is 1. The quantitative estimate of drug-likeness (QED) is 0.779. The first-order chi connectivity index (χ1) is 11.2. The Morgan fingerprint density at radius 2 is 2.00 bits per heavy atom. The van der Waals surface area contributed by atoms with Gasteiger partial charge in [-0.15, -0.1) is 0 Å². The molecule has 5 nitrogen and oxygen atoms in total. The van der Waals surface area contributed by atoms with E-state index in [1.807, 2.05) is 30.3 Å². The van der Waals surface area contributed by atoms with E-state index in [-0.39, 0.29) is 12.4 Å². The largest absolute Gasteiger partial charge is 0.486 e. The number of halogens is 1. The summed E-state index contributed by atoms with van der Waals surface area (Å²) in [4.78, 5) is 19.6. The summed E-state index contributed by atoms with van der Waals surface area (Å²) in [6.45, 7) is -0.211. The molecule has 0 saturated heterocycles. The molecule has 0 saturated carbocycles. The van der Waals surface area contributed by atoms with Crippen LogP contribution in [0.25, 0.3) is 11.0 Å². The zero-order valence-corrected chi connectivity index (χ0v) is 12.7. The first kappa shape index (κ1) is 15.1. The number of Topliss-reactive ketones (excluding diaryl/α,β-unsaturated/α-hetero) is 1. The number of fused-ring (bicyclic) bond motifs is 1. The Labute approximate surface area is 137 Å². The molecule has 0 aliphatic carbocycles. The molecular weight excluding hydrogens is 314 g/mol. The van der Waals surface area contributed by atoms with Crippen molar-refractivity contribution >= 4 is 28.4 Å². The van der Waals surface area contributed by atoms with Gasteiger partial charge in [-0.25, -0.2) is 4.98 Å². The molecule has 1 atom stereocenters. The fourth-order valence-electron chi connectivity index (χ4n) is 2.16. The van der Waals surface area contributed by atoms with Crippen LogP contribution in [0.1, 0.15) is 11.7 Å². The third-order valence-corrected chi connectivity index (χ3v) is 3.58. The summed E-state index contributed by atoms with van der Waals surface area (Å²) in [5.74, 6) is -0.501. The first-order valence-corrected chi connectivity index (χ1v) is 7.30.